The summed E-state index contributed by atoms with van der Waals surface area (Å²) in [6, 6.07) is 10.1. The highest BCUT2D eigenvalue weighted by Crippen LogP contribution is 2.29. The molecule has 1 aliphatic heterocycles. The van der Waals surface area contributed by atoms with E-state index in [0.717, 1.165) is 23.8 Å². The standard InChI is InChI=1S/C18H14F4N2O3.BrH/c19-17(20)26-11-5-6-13(15(7-11)27-18(21)22)14(25)9-24-8-10-3-1-2-4-12(10)16(24)23;/h1-7,17-18,23H,8-9H2;1H/p-1. The first-order valence-electron chi connectivity index (χ1n) is 7.84. The zero-order valence-corrected chi connectivity index (χ0v) is 15.8. The van der Waals surface area contributed by atoms with Crippen molar-refractivity contribution in [1.82, 2.24) is 4.90 Å². The fourth-order valence-electron chi connectivity index (χ4n) is 2.84. The van der Waals surface area contributed by atoms with Gasteiger partial charge in [0.05, 0.1) is 12.1 Å². The van der Waals surface area contributed by atoms with E-state index < -0.39 is 30.5 Å². The molecule has 2 aromatic rings. The molecule has 1 N–H and O–H groups in total. The number of hydrogen-bond acceptors (Lipinski definition) is 4. The molecule has 0 amide bonds. The molecule has 150 valence electrons. The number of nitrogens with one attached hydrogen (secondary N) is 1. The van der Waals surface area contributed by atoms with Gasteiger partial charge in [-0.1, -0.05) is 24.3 Å². The van der Waals surface area contributed by atoms with Crippen LogP contribution in [0.15, 0.2) is 42.5 Å². The number of hydrogen-bond donors (Lipinski definition) is 1. The van der Waals surface area contributed by atoms with Gasteiger partial charge in [-0.3, -0.25) is 10.2 Å². The van der Waals surface area contributed by atoms with Crippen LogP contribution in [0.4, 0.5) is 17.6 Å². The molecule has 0 saturated heterocycles. The maximum atomic E-state index is 12.6. The third kappa shape index (κ3) is 4.80. The minimum Gasteiger partial charge on any atom is -1.00 e. The smallest absolute Gasteiger partial charge is 0.387 e. The Hall–Kier alpha value is -2.62. The van der Waals surface area contributed by atoms with Gasteiger partial charge in [0.1, 0.15) is 17.3 Å². The maximum absolute atomic E-state index is 12.6. The summed E-state index contributed by atoms with van der Waals surface area (Å²) in [7, 11) is 0. The predicted molar refractivity (Wildman–Crippen MR) is 87.7 cm³/mol. The van der Waals surface area contributed by atoms with Crippen molar-refractivity contribution < 1.29 is 48.8 Å². The quantitative estimate of drug-likeness (QED) is 0.491. The third-order valence-electron chi connectivity index (χ3n) is 3.98. The van der Waals surface area contributed by atoms with Crippen LogP contribution in [0.2, 0.25) is 0 Å². The van der Waals surface area contributed by atoms with Crippen molar-refractivity contribution in [3.05, 3.63) is 59.2 Å². The SMILES string of the molecule is N=C1c2ccccc2CN1CC(=O)c1ccc(OC(F)F)cc1OC(F)F.[Br-]. The van der Waals surface area contributed by atoms with E-state index >= 15 is 0 Å². The monoisotopic (exact) mass is 461 g/mol. The number of benzene rings is 2. The van der Waals surface area contributed by atoms with Gasteiger partial charge in [0.15, 0.2) is 5.78 Å². The zero-order valence-electron chi connectivity index (χ0n) is 14.2. The number of fused-ring (bicyclic) bond motifs is 1. The summed E-state index contributed by atoms with van der Waals surface area (Å²) in [5.41, 5.74) is 1.36. The average molecular weight is 462 g/mol. The van der Waals surface area contributed by atoms with Crippen molar-refractivity contribution in [2.75, 3.05) is 6.54 Å². The Balaban J connectivity index is 0.00000280. The molecule has 0 aromatic heterocycles. The lowest BCUT2D eigenvalue weighted by molar-refractivity contribution is -0.0544. The number of ether oxygens (including phenoxy) is 2. The highest BCUT2D eigenvalue weighted by atomic mass is 79.9. The van der Waals surface area contributed by atoms with Crippen LogP contribution >= 0.6 is 0 Å². The number of amidine groups is 1. The average Bonchev–Trinajstić information content (AvgIpc) is 2.90. The first kappa shape index (κ1) is 21.7. The minimum atomic E-state index is -3.24. The lowest BCUT2D eigenvalue weighted by Crippen LogP contribution is -3.00. The van der Waals surface area contributed by atoms with Crippen LogP contribution in [0, 0.1) is 5.41 Å². The van der Waals surface area contributed by atoms with Crippen LogP contribution < -0.4 is 26.5 Å². The number of ketones is 1. The van der Waals surface area contributed by atoms with Crippen LogP contribution in [0.1, 0.15) is 21.5 Å². The molecule has 0 radical (unpaired) electrons. The lowest BCUT2D eigenvalue weighted by Gasteiger charge is -2.18. The number of Topliss-reactive ketones (excluding diaryl/α,β-unsaturated/α-hetero) is 1. The van der Waals surface area contributed by atoms with Crippen LogP contribution in [0.5, 0.6) is 11.5 Å². The highest BCUT2D eigenvalue weighted by molar-refractivity contribution is 6.06. The summed E-state index contributed by atoms with van der Waals surface area (Å²) in [6.45, 7) is -6.30. The van der Waals surface area contributed by atoms with Gasteiger partial charge in [0, 0.05) is 18.2 Å². The molecule has 0 fully saturated rings. The van der Waals surface area contributed by atoms with Gasteiger partial charge < -0.3 is 31.4 Å². The molecule has 0 unspecified atom stereocenters. The zero-order chi connectivity index (χ0) is 19.6. The van der Waals surface area contributed by atoms with E-state index in [2.05, 4.69) is 9.47 Å². The van der Waals surface area contributed by atoms with Gasteiger partial charge in [0.2, 0.25) is 0 Å². The summed E-state index contributed by atoms with van der Waals surface area (Å²) in [5, 5.41) is 8.14. The Morgan fingerprint density at radius 1 is 1.07 bits per heavy atom. The first-order chi connectivity index (χ1) is 12.8. The second-order valence-electron chi connectivity index (χ2n) is 5.70. The van der Waals surface area contributed by atoms with Crippen LogP contribution in [0.3, 0.4) is 0 Å². The molecule has 0 atom stereocenters. The molecule has 1 aliphatic rings. The molecule has 3 rings (SSSR count). The largest absolute Gasteiger partial charge is 1.00 e. The lowest BCUT2D eigenvalue weighted by atomic mass is 10.1. The van der Waals surface area contributed by atoms with Gasteiger partial charge in [-0.15, -0.1) is 0 Å². The van der Waals surface area contributed by atoms with E-state index in [4.69, 9.17) is 5.41 Å². The van der Waals surface area contributed by atoms with Crippen molar-refractivity contribution >= 4 is 11.6 Å². The normalized spacial score (nSPS) is 12.8. The predicted octanol–water partition coefficient (Wildman–Crippen LogP) is 0.917. The van der Waals surface area contributed by atoms with E-state index in [9.17, 15) is 22.4 Å². The van der Waals surface area contributed by atoms with Crippen LogP contribution in [-0.2, 0) is 6.54 Å². The van der Waals surface area contributed by atoms with Gasteiger partial charge in [-0.2, -0.15) is 17.6 Å². The number of carbonyl (C=O) groups is 1. The van der Waals surface area contributed by atoms with E-state index in [0.29, 0.717) is 12.1 Å². The fourth-order valence-corrected chi connectivity index (χ4v) is 2.84. The van der Waals surface area contributed by atoms with Crippen LogP contribution in [0.25, 0.3) is 0 Å². The van der Waals surface area contributed by atoms with E-state index in [1.165, 1.54) is 4.90 Å². The fraction of sp³-hybridized carbons (Fsp3) is 0.222. The Kier molecular flexibility index (Phi) is 7.00. The number of halogens is 5. The molecule has 0 saturated carbocycles. The molecule has 28 heavy (non-hydrogen) atoms. The first-order valence-corrected chi connectivity index (χ1v) is 7.84. The summed E-state index contributed by atoms with van der Waals surface area (Å²) >= 11 is 0. The van der Waals surface area contributed by atoms with E-state index in [1.54, 1.807) is 12.1 Å². The van der Waals surface area contributed by atoms with Crippen molar-refractivity contribution in [1.29, 1.82) is 5.41 Å². The molecule has 10 heteroatoms. The Morgan fingerprint density at radius 2 is 1.75 bits per heavy atom. The van der Waals surface area contributed by atoms with Gasteiger partial charge in [0.25, 0.3) is 0 Å². The summed E-state index contributed by atoms with van der Waals surface area (Å²) in [4.78, 5) is 14.1. The number of rotatable bonds is 7. The summed E-state index contributed by atoms with van der Waals surface area (Å²) < 4.78 is 58.3. The molecular formula is C18H14BrF4N2O3-. The molecule has 0 bridgehead atoms. The third-order valence-corrected chi connectivity index (χ3v) is 3.98. The van der Waals surface area contributed by atoms with Gasteiger partial charge in [-0.25, -0.2) is 0 Å². The van der Waals surface area contributed by atoms with Crippen molar-refractivity contribution in [2.24, 2.45) is 0 Å². The second kappa shape index (κ2) is 9.05. The molecule has 0 aliphatic carbocycles. The second-order valence-corrected chi connectivity index (χ2v) is 5.70. The molecule has 5 nitrogen and oxygen atoms in total. The number of carbonyl (C=O) groups excluding carboxylic acids is 1. The van der Waals surface area contributed by atoms with Gasteiger partial charge in [-0.05, 0) is 17.7 Å². The minimum absolute atomic E-state index is 0. The summed E-state index contributed by atoms with van der Waals surface area (Å²) in [5.74, 6) is -1.41. The Labute approximate surface area is 168 Å². The summed E-state index contributed by atoms with van der Waals surface area (Å²) in [6.07, 6.45) is 0. The van der Waals surface area contributed by atoms with Crippen molar-refractivity contribution in [2.45, 2.75) is 19.8 Å². The van der Waals surface area contributed by atoms with Gasteiger partial charge >= 0.3 is 13.2 Å². The molecule has 1 heterocycles. The van der Waals surface area contributed by atoms with E-state index in [1.807, 2.05) is 12.1 Å². The molecule has 2 aromatic carbocycles. The highest BCUT2D eigenvalue weighted by Gasteiger charge is 2.27. The number of nitrogens with zero attached hydrogens (tertiary/aromatic N) is 1. The van der Waals surface area contributed by atoms with E-state index in [-0.39, 0.29) is 34.9 Å². The van der Waals surface area contributed by atoms with Crippen LogP contribution in [-0.4, -0.2) is 36.3 Å². The molecular weight excluding hydrogens is 448 g/mol. The number of alkyl halides is 4. The Bertz CT molecular complexity index is 880. The maximum Gasteiger partial charge on any atom is 0.387 e. The van der Waals surface area contributed by atoms with Crippen molar-refractivity contribution in [3.8, 4) is 11.5 Å². The molecule has 0 spiro atoms. The topological polar surface area (TPSA) is 62.6 Å². The Morgan fingerprint density at radius 3 is 2.39 bits per heavy atom. The van der Waals surface area contributed by atoms with Crippen molar-refractivity contribution in [3.63, 3.8) is 0 Å².